The number of hydrogen-bond donors (Lipinski definition) is 4. The molecule has 2 aliphatic heterocycles. The Morgan fingerprint density at radius 1 is 1.18 bits per heavy atom. The molecule has 2 heterocycles. The summed E-state index contributed by atoms with van der Waals surface area (Å²) in [5.74, 6) is -3.88. The third-order valence-electron chi connectivity index (χ3n) is 4.80. The highest BCUT2D eigenvalue weighted by atomic mass is 32.1. The molecule has 33 heavy (non-hydrogen) atoms. The van der Waals surface area contributed by atoms with Crippen LogP contribution in [0.5, 0.6) is 0 Å². The Labute approximate surface area is 191 Å². The van der Waals surface area contributed by atoms with E-state index in [4.69, 9.17) is 9.84 Å². The molecular formula is C21H23FN4O6S. The van der Waals surface area contributed by atoms with Crippen molar-refractivity contribution in [2.75, 3.05) is 6.67 Å². The molecule has 0 saturated carbocycles. The lowest BCUT2D eigenvalue weighted by Crippen LogP contribution is -2.49. The van der Waals surface area contributed by atoms with Gasteiger partial charge in [0.1, 0.15) is 12.7 Å². The number of hydrogen-bond acceptors (Lipinski definition) is 6. The van der Waals surface area contributed by atoms with Crippen molar-refractivity contribution in [3.05, 3.63) is 36.7 Å². The molecule has 0 aliphatic carbocycles. The highest BCUT2D eigenvalue weighted by Gasteiger charge is 2.32. The summed E-state index contributed by atoms with van der Waals surface area (Å²) >= 11 is 1.45. The molecule has 0 aromatic heterocycles. The molecule has 0 bridgehead atoms. The molecule has 3 rings (SSSR count). The van der Waals surface area contributed by atoms with Gasteiger partial charge < -0.3 is 25.4 Å². The minimum Gasteiger partial charge on any atom is -0.481 e. The number of benzene rings is 1. The van der Waals surface area contributed by atoms with Gasteiger partial charge in [-0.25, -0.2) is 13.8 Å². The number of alkyl halides is 1. The number of aromatic nitrogens is 3. The number of carboxylic acids is 1. The Morgan fingerprint density at radius 2 is 1.88 bits per heavy atom. The number of nitrogens with one attached hydrogen (secondary N) is 3. The van der Waals surface area contributed by atoms with Gasteiger partial charge >= 0.3 is 12.1 Å². The Bertz CT molecular complexity index is 1190. The number of fused-ring (bicyclic) bond motifs is 2. The van der Waals surface area contributed by atoms with Crippen molar-refractivity contribution in [1.29, 1.82) is 0 Å². The van der Waals surface area contributed by atoms with Crippen LogP contribution in [0.2, 0.25) is 0 Å². The fourth-order valence-electron chi connectivity index (χ4n) is 3.21. The summed E-state index contributed by atoms with van der Waals surface area (Å²) in [5, 5.41) is 16.8. The van der Waals surface area contributed by atoms with Crippen LogP contribution in [0.1, 0.15) is 20.3 Å². The molecule has 2 atom stereocenters. The predicted molar refractivity (Wildman–Crippen MR) is 118 cm³/mol. The monoisotopic (exact) mass is 478 g/mol. The molecule has 1 aromatic rings. The minimum absolute atomic E-state index is 0.502. The molecule has 0 fully saturated rings. The molecular weight excluding hydrogens is 455 g/mol. The molecule has 1 aromatic carbocycles. The zero-order valence-electron chi connectivity index (χ0n) is 17.8. The number of amides is 1. The van der Waals surface area contributed by atoms with Crippen molar-refractivity contribution >= 4 is 45.3 Å². The maximum absolute atomic E-state index is 13.3. The van der Waals surface area contributed by atoms with Crippen molar-refractivity contribution in [3.63, 3.8) is 0 Å². The zero-order valence-corrected chi connectivity index (χ0v) is 18.6. The van der Waals surface area contributed by atoms with Crippen molar-refractivity contribution in [3.8, 4) is 10.6 Å². The van der Waals surface area contributed by atoms with Crippen LogP contribution in [0.3, 0.4) is 0 Å². The molecule has 4 N–H and O–H groups in total. The average molecular weight is 479 g/mol. The number of carbonyl (C=O) groups excluding carboxylic acids is 3. The first-order valence-electron chi connectivity index (χ1n) is 10.0. The van der Waals surface area contributed by atoms with Gasteiger partial charge in [0.25, 0.3) is 5.91 Å². The summed E-state index contributed by atoms with van der Waals surface area (Å²) in [4.78, 5) is 49.6. The Morgan fingerprint density at radius 3 is 2.55 bits per heavy atom. The number of rotatable bonds is 8. The van der Waals surface area contributed by atoms with Gasteiger partial charge in [-0.2, -0.15) is 0 Å². The molecule has 176 valence electrons. The summed E-state index contributed by atoms with van der Waals surface area (Å²) in [6.07, 6.45) is 0.271. The van der Waals surface area contributed by atoms with Crippen molar-refractivity contribution in [1.82, 2.24) is 20.1 Å². The fraction of sp³-hybridized carbons (Fsp3) is 0.333. The van der Waals surface area contributed by atoms with E-state index < -0.39 is 54.9 Å². The number of aromatic amines is 2. The molecule has 12 heteroatoms. The molecule has 10 nitrogen and oxygen atoms in total. The van der Waals surface area contributed by atoms with Crippen LogP contribution in [0.15, 0.2) is 36.7 Å². The largest absolute Gasteiger partial charge is 0.481 e. The summed E-state index contributed by atoms with van der Waals surface area (Å²) in [5.41, 5.74) is 1.06. The van der Waals surface area contributed by atoms with Gasteiger partial charge in [0.15, 0.2) is 11.9 Å². The van der Waals surface area contributed by atoms with Crippen LogP contribution in [0.4, 0.5) is 9.18 Å². The van der Waals surface area contributed by atoms with Gasteiger partial charge in [-0.3, -0.25) is 14.4 Å². The number of ketones is 1. The van der Waals surface area contributed by atoms with E-state index in [2.05, 4.69) is 15.5 Å². The van der Waals surface area contributed by atoms with Crippen molar-refractivity contribution in [2.45, 2.75) is 32.4 Å². The van der Waals surface area contributed by atoms with Crippen LogP contribution >= 0.6 is 11.3 Å². The minimum atomic E-state index is -1.57. The molecule has 0 spiro atoms. The lowest BCUT2D eigenvalue weighted by molar-refractivity contribution is -0.141. The normalized spacial score (nSPS) is 13.0. The standard InChI is InChI=1S/C21H23FN4O6S/c1-11(2)19(20(30)25-12(7-18(28)29)15(27)8-22)32-21(31)26-13-5-3-4-6-16(13)33-17-10-24-23-9-14(17)26/h3-6,9-12,19,23-24H,7-8H2,1-2H3,(H,25,30)(H,28,29). The fourth-order valence-corrected chi connectivity index (χ4v) is 4.23. The van der Waals surface area contributed by atoms with E-state index in [1.807, 2.05) is 12.1 Å². The number of ether oxygens (including phenoxy) is 1. The number of para-hydroxylation sites is 1. The van der Waals surface area contributed by atoms with Gasteiger partial charge in [-0.05, 0) is 18.1 Å². The lowest BCUT2D eigenvalue weighted by Gasteiger charge is -2.25. The smallest absolute Gasteiger partial charge is 0.419 e. The second-order valence-corrected chi connectivity index (χ2v) is 8.62. The summed E-state index contributed by atoms with van der Waals surface area (Å²) < 4.78 is 20.5. The second kappa shape index (κ2) is 10.3. The van der Waals surface area contributed by atoms with Crippen LogP contribution in [0.25, 0.3) is 20.8 Å². The van der Waals surface area contributed by atoms with E-state index in [-0.39, 0.29) is 0 Å². The predicted octanol–water partition coefficient (Wildman–Crippen LogP) is 3.10. The average Bonchev–Trinajstić information content (AvgIpc) is 2.79. The highest BCUT2D eigenvalue weighted by molar-refractivity contribution is 7.21. The van der Waals surface area contributed by atoms with Gasteiger partial charge in [-0.15, -0.1) is 11.3 Å². The molecule has 0 radical (unpaired) electrons. The van der Waals surface area contributed by atoms with Crippen LogP contribution in [-0.2, 0) is 19.1 Å². The molecule has 0 saturated heterocycles. The summed E-state index contributed by atoms with van der Waals surface area (Å²) in [7, 11) is 0. The van der Waals surface area contributed by atoms with E-state index in [0.717, 1.165) is 9.58 Å². The van der Waals surface area contributed by atoms with Crippen LogP contribution < -0.4 is 5.32 Å². The number of H-pyrrole nitrogens is 2. The first kappa shape index (κ1) is 24.0. The van der Waals surface area contributed by atoms with Crippen LogP contribution in [0, 0.1) is 5.92 Å². The SMILES string of the molecule is CC(C)C(OC(=O)n1c2c[nH][nH]cc-2sc2ccccc21)C(=O)NC(CC(=O)O)C(=O)CF. The maximum atomic E-state index is 13.3. The first-order valence-corrected chi connectivity index (χ1v) is 10.8. The van der Waals surface area contributed by atoms with E-state index >= 15 is 0 Å². The topological polar surface area (TPSA) is 146 Å². The third-order valence-corrected chi connectivity index (χ3v) is 5.92. The first-order chi connectivity index (χ1) is 15.7. The third kappa shape index (κ3) is 5.40. The summed E-state index contributed by atoms with van der Waals surface area (Å²) in [6.45, 7) is 1.81. The quantitative estimate of drug-likeness (QED) is 0.366. The molecule has 2 unspecified atom stereocenters. The number of halogens is 1. The van der Waals surface area contributed by atoms with E-state index in [9.17, 15) is 23.6 Å². The van der Waals surface area contributed by atoms with Crippen molar-refractivity contribution in [2.24, 2.45) is 5.92 Å². The molecule has 1 amide bonds. The van der Waals surface area contributed by atoms with Gasteiger partial charge in [-0.1, -0.05) is 26.0 Å². The lowest BCUT2D eigenvalue weighted by atomic mass is 10.0. The number of Topliss-reactive ketones (excluding diaryl/α,β-unsaturated/α-hetero) is 1. The highest BCUT2D eigenvalue weighted by Crippen LogP contribution is 2.32. The van der Waals surface area contributed by atoms with Gasteiger partial charge in [0, 0.05) is 12.4 Å². The Balaban J connectivity index is 1.94. The number of carboxylic acid groups (broad SMARTS) is 1. The number of nitrogens with zero attached hydrogens (tertiary/aromatic N) is 1. The number of aliphatic carboxylic acids is 1. The van der Waals surface area contributed by atoms with E-state index in [0.29, 0.717) is 11.2 Å². The molecule has 2 aliphatic rings. The maximum Gasteiger partial charge on any atom is 0.419 e. The van der Waals surface area contributed by atoms with Gasteiger partial charge in [0.2, 0.25) is 0 Å². The summed E-state index contributed by atoms with van der Waals surface area (Å²) in [6, 6.07) is 5.59. The Hall–Kier alpha value is -3.67. The van der Waals surface area contributed by atoms with Crippen molar-refractivity contribution < 1.29 is 33.4 Å². The number of carbonyl (C=O) groups is 4. The Kier molecular flexibility index (Phi) is 7.48. The van der Waals surface area contributed by atoms with E-state index in [1.165, 1.54) is 15.9 Å². The van der Waals surface area contributed by atoms with E-state index in [1.54, 1.807) is 38.4 Å². The second-order valence-electron chi connectivity index (χ2n) is 7.54. The van der Waals surface area contributed by atoms with Crippen LogP contribution in [-0.4, -0.2) is 62.4 Å². The van der Waals surface area contributed by atoms with Gasteiger partial charge in [0.05, 0.1) is 27.2 Å². The zero-order chi connectivity index (χ0) is 24.1.